The molecule has 2 aromatic rings. The second kappa shape index (κ2) is 6.47. The minimum Gasteiger partial charge on any atom is -0.309 e. The number of hydrogen-bond donors (Lipinski definition) is 1. The SMILES string of the molecule is CC(C)CN(C)Cc1c(CNC2CC2)sc2ccccc12. The van der Waals surface area contributed by atoms with E-state index in [4.69, 9.17) is 0 Å². The molecule has 1 aliphatic carbocycles. The highest BCUT2D eigenvalue weighted by Gasteiger charge is 2.22. The number of fused-ring (bicyclic) bond motifs is 1. The Balaban J connectivity index is 1.83. The Morgan fingerprint density at radius 2 is 2.05 bits per heavy atom. The quantitative estimate of drug-likeness (QED) is 0.823. The van der Waals surface area contributed by atoms with Crippen LogP contribution in [0.15, 0.2) is 24.3 Å². The minimum absolute atomic E-state index is 0.716. The van der Waals surface area contributed by atoms with Gasteiger partial charge in [-0.1, -0.05) is 32.0 Å². The third-order valence-electron chi connectivity index (χ3n) is 4.02. The maximum absolute atomic E-state index is 3.68. The molecule has 1 aliphatic rings. The van der Waals surface area contributed by atoms with Crippen LogP contribution in [0, 0.1) is 5.92 Å². The zero-order valence-electron chi connectivity index (χ0n) is 13.4. The molecule has 0 radical (unpaired) electrons. The van der Waals surface area contributed by atoms with E-state index < -0.39 is 0 Å². The summed E-state index contributed by atoms with van der Waals surface area (Å²) in [6.45, 7) is 7.83. The fraction of sp³-hybridized carbons (Fsp3) is 0.556. The van der Waals surface area contributed by atoms with Crippen molar-refractivity contribution in [1.82, 2.24) is 10.2 Å². The van der Waals surface area contributed by atoms with Crippen LogP contribution in [0.5, 0.6) is 0 Å². The monoisotopic (exact) mass is 302 g/mol. The van der Waals surface area contributed by atoms with Crippen molar-refractivity contribution in [3.63, 3.8) is 0 Å². The van der Waals surface area contributed by atoms with Gasteiger partial charge in [0.1, 0.15) is 0 Å². The fourth-order valence-corrected chi connectivity index (χ4v) is 4.11. The van der Waals surface area contributed by atoms with E-state index in [-0.39, 0.29) is 0 Å². The molecule has 1 aromatic carbocycles. The third kappa shape index (κ3) is 3.85. The van der Waals surface area contributed by atoms with E-state index in [1.807, 2.05) is 11.3 Å². The predicted molar refractivity (Wildman–Crippen MR) is 92.9 cm³/mol. The molecule has 3 rings (SSSR count). The summed E-state index contributed by atoms with van der Waals surface area (Å²) in [5.74, 6) is 0.716. The molecule has 1 heterocycles. The Morgan fingerprint density at radius 3 is 2.76 bits per heavy atom. The Bertz CT molecular complexity index is 598. The molecule has 0 spiro atoms. The minimum atomic E-state index is 0.716. The van der Waals surface area contributed by atoms with Gasteiger partial charge in [0.05, 0.1) is 0 Å². The number of nitrogens with one attached hydrogen (secondary N) is 1. The zero-order chi connectivity index (χ0) is 14.8. The summed E-state index contributed by atoms with van der Waals surface area (Å²) >= 11 is 1.97. The first kappa shape index (κ1) is 15.0. The molecule has 0 unspecified atom stereocenters. The summed E-state index contributed by atoms with van der Waals surface area (Å²) in [5, 5.41) is 5.13. The average molecular weight is 302 g/mol. The molecule has 3 heteroatoms. The molecule has 1 aromatic heterocycles. The van der Waals surface area contributed by atoms with Crippen LogP contribution in [0.4, 0.5) is 0 Å². The average Bonchev–Trinajstić information content (AvgIpc) is 3.20. The first-order chi connectivity index (χ1) is 10.1. The largest absolute Gasteiger partial charge is 0.309 e. The number of benzene rings is 1. The Kier molecular flexibility index (Phi) is 4.63. The molecular formula is C18H26N2S. The Hall–Kier alpha value is -0.900. The van der Waals surface area contributed by atoms with Gasteiger partial charge in [-0.2, -0.15) is 0 Å². The number of nitrogens with zero attached hydrogens (tertiary/aromatic N) is 1. The van der Waals surface area contributed by atoms with Crippen LogP contribution in [0.2, 0.25) is 0 Å². The van der Waals surface area contributed by atoms with Gasteiger partial charge in [-0.15, -0.1) is 11.3 Å². The van der Waals surface area contributed by atoms with Gasteiger partial charge in [-0.3, -0.25) is 0 Å². The van der Waals surface area contributed by atoms with Gasteiger partial charge in [0.25, 0.3) is 0 Å². The van der Waals surface area contributed by atoms with Crippen molar-refractivity contribution in [1.29, 1.82) is 0 Å². The molecule has 0 bridgehead atoms. The molecule has 114 valence electrons. The second-order valence-corrected chi connectivity index (χ2v) is 7.88. The molecule has 0 atom stereocenters. The molecule has 0 amide bonds. The maximum atomic E-state index is 3.68. The van der Waals surface area contributed by atoms with Crippen LogP contribution in [0.3, 0.4) is 0 Å². The smallest absolute Gasteiger partial charge is 0.0349 e. The van der Waals surface area contributed by atoms with Crippen molar-refractivity contribution in [2.24, 2.45) is 5.92 Å². The van der Waals surface area contributed by atoms with Gasteiger partial charge in [0.15, 0.2) is 0 Å². The Labute approximate surface area is 132 Å². The van der Waals surface area contributed by atoms with Gasteiger partial charge in [-0.05, 0) is 42.8 Å². The topological polar surface area (TPSA) is 15.3 Å². The molecule has 21 heavy (non-hydrogen) atoms. The lowest BCUT2D eigenvalue weighted by molar-refractivity contribution is 0.289. The van der Waals surface area contributed by atoms with E-state index in [0.29, 0.717) is 5.92 Å². The molecule has 2 nitrogen and oxygen atoms in total. The predicted octanol–water partition coefficient (Wildman–Crippen LogP) is 4.24. The molecular weight excluding hydrogens is 276 g/mol. The van der Waals surface area contributed by atoms with E-state index in [1.165, 1.54) is 33.4 Å². The zero-order valence-corrected chi connectivity index (χ0v) is 14.2. The highest BCUT2D eigenvalue weighted by molar-refractivity contribution is 7.19. The van der Waals surface area contributed by atoms with Crippen LogP contribution < -0.4 is 5.32 Å². The summed E-state index contributed by atoms with van der Waals surface area (Å²) in [4.78, 5) is 3.98. The van der Waals surface area contributed by atoms with Gasteiger partial charge in [0, 0.05) is 35.3 Å². The van der Waals surface area contributed by atoms with Crippen molar-refractivity contribution in [2.45, 2.75) is 45.8 Å². The molecule has 1 saturated carbocycles. The van der Waals surface area contributed by atoms with Gasteiger partial charge in [-0.25, -0.2) is 0 Å². The molecule has 1 N–H and O–H groups in total. The van der Waals surface area contributed by atoms with Crippen LogP contribution in [-0.4, -0.2) is 24.5 Å². The van der Waals surface area contributed by atoms with Crippen LogP contribution >= 0.6 is 11.3 Å². The van der Waals surface area contributed by atoms with E-state index >= 15 is 0 Å². The van der Waals surface area contributed by atoms with E-state index in [9.17, 15) is 0 Å². The molecule has 1 fully saturated rings. The van der Waals surface area contributed by atoms with Gasteiger partial charge < -0.3 is 10.2 Å². The lowest BCUT2D eigenvalue weighted by Crippen LogP contribution is -2.23. The highest BCUT2D eigenvalue weighted by Crippen LogP contribution is 2.33. The summed E-state index contributed by atoms with van der Waals surface area (Å²) < 4.78 is 1.43. The van der Waals surface area contributed by atoms with Crippen molar-refractivity contribution in [2.75, 3.05) is 13.6 Å². The third-order valence-corrected chi connectivity index (χ3v) is 5.23. The van der Waals surface area contributed by atoms with Crippen molar-refractivity contribution < 1.29 is 0 Å². The van der Waals surface area contributed by atoms with Crippen LogP contribution in [0.25, 0.3) is 10.1 Å². The first-order valence-electron chi connectivity index (χ1n) is 8.04. The van der Waals surface area contributed by atoms with Crippen LogP contribution in [-0.2, 0) is 13.1 Å². The summed E-state index contributed by atoms with van der Waals surface area (Å²) in [7, 11) is 2.24. The van der Waals surface area contributed by atoms with Gasteiger partial charge in [0.2, 0.25) is 0 Å². The Morgan fingerprint density at radius 1 is 1.29 bits per heavy atom. The summed E-state index contributed by atoms with van der Waals surface area (Å²) in [6.07, 6.45) is 2.71. The number of thiophene rings is 1. The van der Waals surface area contributed by atoms with Crippen molar-refractivity contribution in [3.05, 3.63) is 34.7 Å². The van der Waals surface area contributed by atoms with Crippen LogP contribution in [0.1, 0.15) is 37.1 Å². The van der Waals surface area contributed by atoms with E-state index in [2.05, 4.69) is 55.4 Å². The maximum Gasteiger partial charge on any atom is 0.0349 e. The molecule has 0 saturated heterocycles. The number of rotatable bonds is 7. The summed E-state index contributed by atoms with van der Waals surface area (Å²) in [6, 6.07) is 9.63. The first-order valence-corrected chi connectivity index (χ1v) is 8.86. The van der Waals surface area contributed by atoms with Gasteiger partial charge >= 0.3 is 0 Å². The van der Waals surface area contributed by atoms with E-state index in [0.717, 1.165) is 25.7 Å². The van der Waals surface area contributed by atoms with Crippen molar-refractivity contribution >= 4 is 21.4 Å². The van der Waals surface area contributed by atoms with Crippen molar-refractivity contribution in [3.8, 4) is 0 Å². The molecule has 0 aliphatic heterocycles. The lowest BCUT2D eigenvalue weighted by Gasteiger charge is -2.19. The fourth-order valence-electron chi connectivity index (χ4n) is 2.95. The van der Waals surface area contributed by atoms with E-state index in [1.54, 1.807) is 0 Å². The number of hydrogen-bond acceptors (Lipinski definition) is 3. The summed E-state index contributed by atoms with van der Waals surface area (Å²) in [5.41, 5.74) is 1.53. The normalized spacial score (nSPS) is 15.5. The lowest BCUT2D eigenvalue weighted by atomic mass is 10.1. The highest BCUT2D eigenvalue weighted by atomic mass is 32.1. The second-order valence-electron chi connectivity index (χ2n) is 6.75. The standard InChI is InChI=1S/C18H26N2S/c1-13(2)11-20(3)12-16-15-6-4-5-7-17(15)21-18(16)10-19-14-8-9-14/h4-7,13-14,19H,8-12H2,1-3H3.